The zero-order valence-electron chi connectivity index (χ0n) is 25.2. The van der Waals surface area contributed by atoms with Gasteiger partial charge in [0.2, 0.25) is 0 Å². The van der Waals surface area contributed by atoms with Crippen molar-refractivity contribution in [2.24, 2.45) is 35.5 Å². The number of rotatable bonds is 17. The third kappa shape index (κ3) is 14.1. The van der Waals surface area contributed by atoms with Gasteiger partial charge in [-0.15, -0.1) is 0 Å². The number of hydrogen-bond donors (Lipinski definition) is 2. The van der Waals surface area contributed by atoms with Gasteiger partial charge in [-0.2, -0.15) is 0 Å². The molecule has 0 aromatic rings. The summed E-state index contributed by atoms with van der Waals surface area (Å²) in [5.41, 5.74) is 0.334. The number of carbonyl (C=O) groups excluding carboxylic acids is 2. The first-order valence-corrected chi connectivity index (χ1v) is 15.5. The monoisotopic (exact) mass is 550 g/mol. The summed E-state index contributed by atoms with van der Waals surface area (Å²) in [5, 5.41) is 17.1. The molecule has 4 unspecified atom stereocenters. The first kappa shape index (κ1) is 35.5. The lowest BCUT2D eigenvalue weighted by molar-refractivity contribution is -0.141. The van der Waals surface area contributed by atoms with Crippen LogP contribution in [0.2, 0.25) is 0 Å². The van der Waals surface area contributed by atoms with Gasteiger partial charge in [0, 0.05) is 18.6 Å². The summed E-state index contributed by atoms with van der Waals surface area (Å²) in [7, 11) is 1.71. The van der Waals surface area contributed by atoms with Crippen molar-refractivity contribution in [1.29, 1.82) is 0 Å². The van der Waals surface area contributed by atoms with Gasteiger partial charge >= 0.3 is 5.97 Å². The van der Waals surface area contributed by atoms with E-state index in [1.165, 1.54) is 83.5 Å². The Morgan fingerprint density at radius 2 is 1.62 bits per heavy atom. The molecule has 0 heterocycles. The summed E-state index contributed by atoms with van der Waals surface area (Å²) in [6.45, 7) is 11.8. The van der Waals surface area contributed by atoms with Crippen LogP contribution in [-0.2, 0) is 19.1 Å². The van der Waals surface area contributed by atoms with Crippen molar-refractivity contribution >= 4 is 12.3 Å². The maximum atomic E-state index is 11.8. The van der Waals surface area contributed by atoms with E-state index in [1.807, 2.05) is 0 Å². The fourth-order valence-corrected chi connectivity index (χ4v) is 6.60. The maximum Gasteiger partial charge on any atom is 0.335 e. The molecule has 0 spiro atoms. The normalized spacial score (nSPS) is 25.6. The minimum atomic E-state index is -0.495. The molecule has 0 aliphatic heterocycles. The molecule has 2 fully saturated rings. The number of esters is 1. The predicted molar refractivity (Wildman–Crippen MR) is 158 cm³/mol. The highest BCUT2D eigenvalue weighted by Crippen LogP contribution is 2.46. The summed E-state index contributed by atoms with van der Waals surface area (Å²) in [5.74, 6) is 4.28. The van der Waals surface area contributed by atoms with E-state index < -0.39 is 5.97 Å². The van der Waals surface area contributed by atoms with Crippen LogP contribution in [0.25, 0.3) is 0 Å². The third-order valence-electron chi connectivity index (χ3n) is 9.13. The molecule has 0 aromatic heterocycles. The fraction of sp³-hybridized carbons (Fsp3) is 0.818. The molecule has 2 aliphatic carbocycles. The topological polar surface area (TPSA) is 93.1 Å². The van der Waals surface area contributed by atoms with Crippen LogP contribution in [0.15, 0.2) is 24.3 Å². The molecule has 226 valence electrons. The van der Waals surface area contributed by atoms with E-state index in [4.69, 9.17) is 19.7 Å². The third-order valence-corrected chi connectivity index (χ3v) is 9.13. The molecule has 39 heavy (non-hydrogen) atoms. The number of aliphatic hydroxyl groups is 2. The van der Waals surface area contributed by atoms with Crippen LogP contribution in [0.1, 0.15) is 104 Å². The van der Waals surface area contributed by atoms with E-state index in [1.54, 1.807) is 7.11 Å². The van der Waals surface area contributed by atoms with Gasteiger partial charge in [0.15, 0.2) is 0 Å². The molecule has 0 saturated heterocycles. The van der Waals surface area contributed by atoms with Crippen molar-refractivity contribution in [3.63, 3.8) is 0 Å². The Kier molecular flexibility index (Phi) is 19.4. The molecule has 0 bridgehead atoms. The number of hydrogen-bond acceptors (Lipinski definition) is 6. The highest BCUT2D eigenvalue weighted by molar-refractivity contribution is 5.87. The highest BCUT2D eigenvalue weighted by Gasteiger charge is 2.35. The molecular formula is C33H58O6. The average molecular weight is 551 g/mol. The molecule has 2 aliphatic rings. The van der Waals surface area contributed by atoms with E-state index in [0.717, 1.165) is 36.0 Å². The van der Waals surface area contributed by atoms with Gasteiger partial charge in [0.05, 0.1) is 32.0 Å². The Balaban J connectivity index is 0.00000113. The number of unbranched alkanes of at least 4 members (excludes halogenated alkanes) is 2. The lowest BCUT2D eigenvalue weighted by atomic mass is 9.64. The van der Waals surface area contributed by atoms with Gasteiger partial charge in [-0.25, -0.2) is 4.79 Å². The van der Waals surface area contributed by atoms with Crippen LogP contribution < -0.4 is 0 Å². The number of aliphatic hydroxyl groups excluding tert-OH is 2. The Labute approximate surface area is 238 Å². The van der Waals surface area contributed by atoms with Crippen LogP contribution in [0.4, 0.5) is 0 Å². The van der Waals surface area contributed by atoms with Crippen molar-refractivity contribution in [1.82, 2.24) is 0 Å². The van der Waals surface area contributed by atoms with E-state index in [0.29, 0.717) is 19.5 Å². The summed E-state index contributed by atoms with van der Waals surface area (Å²) < 4.78 is 10.7. The summed E-state index contributed by atoms with van der Waals surface area (Å²) in [6, 6.07) is 0. The standard InChI is InChI=1S/C29H52O4.C4H6O2/c1-5-7-8-9-23-10-13-27(14-11-23)28-17-16-26(25(6-2)18-28)15-12-24(20-32-4)21-33-29(31)22(3)19-30;1-4(2-5)3-6/h23-28,30H,3,5-21H2,1-2,4H3;2,6H,1,3H2. The average Bonchev–Trinajstić information content (AvgIpc) is 2.98. The van der Waals surface area contributed by atoms with Gasteiger partial charge < -0.3 is 19.7 Å². The molecule has 0 amide bonds. The van der Waals surface area contributed by atoms with Gasteiger partial charge in [-0.05, 0) is 74.5 Å². The molecule has 6 heteroatoms. The van der Waals surface area contributed by atoms with Crippen molar-refractivity contribution in [2.75, 3.05) is 33.5 Å². The highest BCUT2D eigenvalue weighted by atomic mass is 16.5. The summed E-state index contributed by atoms with van der Waals surface area (Å²) in [6.07, 6.45) is 19.8. The predicted octanol–water partition coefficient (Wildman–Crippen LogP) is 6.68. The largest absolute Gasteiger partial charge is 0.462 e. The molecule has 4 atom stereocenters. The lowest BCUT2D eigenvalue weighted by Gasteiger charge is -2.42. The fourth-order valence-electron chi connectivity index (χ4n) is 6.60. The van der Waals surface area contributed by atoms with Crippen molar-refractivity contribution in [3.05, 3.63) is 24.3 Å². The van der Waals surface area contributed by atoms with Crippen molar-refractivity contribution in [3.8, 4) is 0 Å². The Bertz CT molecular complexity index is 696. The number of methoxy groups -OCH3 is 1. The molecular weight excluding hydrogens is 492 g/mol. The molecule has 0 aromatic carbocycles. The Hall–Kier alpha value is -1.50. The minimum absolute atomic E-state index is 0.116. The SMILES string of the molecule is C=C(C=O)CO.C=C(CO)C(=O)OCC(CCC1CCC(C2CCC(CCCCC)CC2)CC1CC)COC. The van der Waals surface area contributed by atoms with Gasteiger partial charge in [-0.3, -0.25) is 4.79 Å². The van der Waals surface area contributed by atoms with E-state index >= 15 is 0 Å². The number of carbonyl (C=O) groups is 2. The smallest absolute Gasteiger partial charge is 0.335 e. The first-order chi connectivity index (χ1) is 18.8. The zero-order chi connectivity index (χ0) is 29.0. The second-order valence-corrected chi connectivity index (χ2v) is 12.0. The van der Waals surface area contributed by atoms with Crippen LogP contribution >= 0.6 is 0 Å². The quantitative estimate of drug-likeness (QED) is 0.0908. The minimum Gasteiger partial charge on any atom is -0.462 e. The number of ether oxygens (including phenoxy) is 2. The maximum absolute atomic E-state index is 11.8. The van der Waals surface area contributed by atoms with E-state index in [-0.39, 0.29) is 30.3 Å². The second-order valence-electron chi connectivity index (χ2n) is 12.0. The van der Waals surface area contributed by atoms with Gasteiger partial charge in [0.1, 0.15) is 6.29 Å². The zero-order valence-corrected chi connectivity index (χ0v) is 25.2. The summed E-state index contributed by atoms with van der Waals surface area (Å²) in [4.78, 5) is 21.3. The van der Waals surface area contributed by atoms with Crippen molar-refractivity contribution < 1.29 is 29.3 Å². The molecule has 2 rings (SSSR count). The van der Waals surface area contributed by atoms with Crippen LogP contribution in [-0.4, -0.2) is 56.0 Å². The number of aldehydes is 1. The molecule has 2 saturated carbocycles. The van der Waals surface area contributed by atoms with Gasteiger partial charge in [-0.1, -0.05) is 72.0 Å². The van der Waals surface area contributed by atoms with Crippen molar-refractivity contribution in [2.45, 2.75) is 104 Å². The summed E-state index contributed by atoms with van der Waals surface area (Å²) >= 11 is 0. The van der Waals surface area contributed by atoms with E-state index in [2.05, 4.69) is 27.0 Å². The molecule has 6 nitrogen and oxygen atoms in total. The second kappa shape index (κ2) is 21.3. The molecule has 0 radical (unpaired) electrons. The lowest BCUT2D eigenvalue weighted by Crippen LogP contribution is -2.31. The first-order valence-electron chi connectivity index (χ1n) is 15.5. The Morgan fingerprint density at radius 1 is 0.923 bits per heavy atom. The van der Waals surface area contributed by atoms with Gasteiger partial charge in [0.25, 0.3) is 0 Å². The van der Waals surface area contributed by atoms with Crippen LogP contribution in [0.3, 0.4) is 0 Å². The van der Waals surface area contributed by atoms with Crippen LogP contribution in [0.5, 0.6) is 0 Å². The Morgan fingerprint density at radius 3 is 2.15 bits per heavy atom. The van der Waals surface area contributed by atoms with Crippen LogP contribution in [0, 0.1) is 35.5 Å². The van der Waals surface area contributed by atoms with E-state index in [9.17, 15) is 9.59 Å². The molecule has 2 N–H and O–H groups in total.